The lowest BCUT2D eigenvalue weighted by Crippen LogP contribution is -2.01. The molecule has 0 saturated heterocycles. The van der Waals surface area contributed by atoms with Gasteiger partial charge in [0.15, 0.2) is 0 Å². The van der Waals surface area contributed by atoms with Crippen molar-refractivity contribution in [3.05, 3.63) is 236 Å². The summed E-state index contributed by atoms with van der Waals surface area (Å²) in [5, 5.41) is 13.7. The van der Waals surface area contributed by atoms with Crippen LogP contribution in [-0.2, 0) is 6.42 Å². The average molecular weight is 839 g/mol. The van der Waals surface area contributed by atoms with Crippen LogP contribution in [0.3, 0.4) is 0 Å². The van der Waals surface area contributed by atoms with Crippen LogP contribution in [0.1, 0.15) is 17.7 Å². The maximum atomic E-state index is 2.50. The Labute approximate surface area is 382 Å². The van der Waals surface area contributed by atoms with E-state index in [9.17, 15) is 0 Å². The number of aromatic nitrogens is 2. The molecule has 0 saturated carbocycles. The molecule has 14 rings (SSSR count). The third-order valence-electron chi connectivity index (χ3n) is 14.3. The second-order valence-electron chi connectivity index (χ2n) is 17.9. The first-order chi connectivity index (χ1) is 32.7. The van der Waals surface area contributed by atoms with Gasteiger partial charge >= 0.3 is 0 Å². The average Bonchev–Trinajstić information content (AvgIpc) is 3.90. The molecule has 2 aromatic heterocycles. The third-order valence-corrected chi connectivity index (χ3v) is 14.3. The predicted molar refractivity (Wildman–Crippen MR) is 281 cm³/mol. The van der Waals surface area contributed by atoms with Gasteiger partial charge in [-0.25, -0.2) is 0 Å². The van der Waals surface area contributed by atoms with E-state index in [0.717, 1.165) is 18.5 Å². The van der Waals surface area contributed by atoms with Gasteiger partial charge in [0.05, 0.1) is 16.6 Å². The molecule has 0 unspecified atom stereocenters. The molecule has 1 aliphatic carbocycles. The van der Waals surface area contributed by atoms with Gasteiger partial charge in [-0.3, -0.25) is 0 Å². The number of para-hydroxylation sites is 3. The summed E-state index contributed by atoms with van der Waals surface area (Å²) in [6, 6.07) is 81.5. The van der Waals surface area contributed by atoms with Gasteiger partial charge in [-0.05, 0) is 156 Å². The summed E-state index contributed by atoms with van der Waals surface area (Å²) in [7, 11) is 0. The monoisotopic (exact) mass is 838 g/mol. The van der Waals surface area contributed by atoms with Gasteiger partial charge in [-0.1, -0.05) is 170 Å². The highest BCUT2D eigenvalue weighted by molar-refractivity contribution is 6.23. The van der Waals surface area contributed by atoms with Gasteiger partial charge in [-0.2, -0.15) is 0 Å². The fourth-order valence-electron chi connectivity index (χ4n) is 11.4. The summed E-state index contributed by atoms with van der Waals surface area (Å²) < 4.78 is 4.96. The van der Waals surface area contributed by atoms with E-state index in [0.29, 0.717) is 0 Å². The standard InChI is InChI=1S/C64H42N2/c1-2-17-43-37-46(32-31-41(43)15-1)64-56-36-34-47(65-59-27-9-5-22-51(59)52-23-6-10-28-60(52)65)39-57(56)63(45-20-13-19-44(38-45)50-26-14-18-42-16-3-4-21-49(42)50)55-35-33-48(40-58(55)64)66-61-29-11-7-24-53(61)54-25-8-12-30-62(54)66/h1-5,7-22,24-40H,6,23H2. The molecular formula is C64H42N2. The molecule has 0 radical (unpaired) electrons. The number of allylic oxidation sites excluding steroid dienone is 1. The molecular weight excluding hydrogens is 797 g/mol. The Morgan fingerprint density at radius 3 is 1.59 bits per heavy atom. The largest absolute Gasteiger partial charge is 0.310 e. The molecule has 0 fully saturated rings. The van der Waals surface area contributed by atoms with Crippen molar-refractivity contribution in [1.82, 2.24) is 9.13 Å². The van der Waals surface area contributed by atoms with Crippen molar-refractivity contribution in [2.45, 2.75) is 12.8 Å². The second-order valence-corrected chi connectivity index (χ2v) is 17.9. The van der Waals surface area contributed by atoms with Crippen molar-refractivity contribution in [3.8, 4) is 44.8 Å². The van der Waals surface area contributed by atoms with Crippen molar-refractivity contribution < 1.29 is 0 Å². The molecule has 2 heteroatoms. The highest BCUT2D eigenvalue weighted by atomic mass is 15.0. The number of fused-ring (bicyclic) bond motifs is 10. The quantitative estimate of drug-likeness (QED) is 0.153. The maximum Gasteiger partial charge on any atom is 0.0541 e. The normalized spacial score (nSPS) is 12.7. The summed E-state index contributed by atoms with van der Waals surface area (Å²) in [6.45, 7) is 0. The molecule has 0 spiro atoms. The second kappa shape index (κ2) is 14.5. The smallest absolute Gasteiger partial charge is 0.0541 e. The Hall–Kier alpha value is -8.46. The van der Waals surface area contributed by atoms with Crippen molar-refractivity contribution >= 4 is 81.9 Å². The van der Waals surface area contributed by atoms with Crippen LogP contribution >= 0.6 is 0 Å². The Bertz CT molecular complexity index is 4120. The Morgan fingerprint density at radius 2 is 0.864 bits per heavy atom. The predicted octanol–water partition coefficient (Wildman–Crippen LogP) is 17.3. The number of nitrogens with zero attached hydrogens (tertiary/aromatic N) is 2. The Morgan fingerprint density at radius 1 is 0.318 bits per heavy atom. The lowest BCUT2D eigenvalue weighted by atomic mass is 9.84. The molecule has 2 heterocycles. The highest BCUT2D eigenvalue weighted by Crippen LogP contribution is 2.47. The fourth-order valence-corrected chi connectivity index (χ4v) is 11.4. The van der Waals surface area contributed by atoms with E-state index in [2.05, 4.69) is 240 Å². The van der Waals surface area contributed by atoms with Gasteiger partial charge in [-0.15, -0.1) is 0 Å². The van der Waals surface area contributed by atoms with Crippen LogP contribution in [0.25, 0.3) is 127 Å². The first kappa shape index (κ1) is 37.0. The van der Waals surface area contributed by atoms with E-state index in [1.54, 1.807) is 0 Å². The van der Waals surface area contributed by atoms with Crippen molar-refractivity contribution in [2.75, 3.05) is 0 Å². The van der Waals surface area contributed by atoms with Crippen LogP contribution in [0, 0.1) is 0 Å². The number of hydrogen-bond acceptors (Lipinski definition) is 0. The lowest BCUT2D eigenvalue weighted by molar-refractivity contribution is 0.968. The van der Waals surface area contributed by atoms with Gasteiger partial charge in [0.1, 0.15) is 0 Å². The summed E-state index contributed by atoms with van der Waals surface area (Å²) in [4.78, 5) is 0. The number of rotatable bonds is 5. The topological polar surface area (TPSA) is 9.86 Å². The highest BCUT2D eigenvalue weighted by Gasteiger charge is 2.23. The van der Waals surface area contributed by atoms with E-state index in [-0.39, 0.29) is 0 Å². The van der Waals surface area contributed by atoms with Crippen molar-refractivity contribution in [1.29, 1.82) is 0 Å². The fraction of sp³-hybridized carbons (Fsp3) is 0.0312. The number of benzene rings is 11. The van der Waals surface area contributed by atoms with Crippen LogP contribution in [0.15, 0.2) is 224 Å². The number of hydrogen-bond donors (Lipinski definition) is 0. The van der Waals surface area contributed by atoms with Gasteiger partial charge in [0, 0.05) is 33.2 Å². The minimum Gasteiger partial charge on any atom is -0.310 e. The zero-order chi connectivity index (χ0) is 43.3. The molecule has 0 amide bonds. The molecule has 0 bridgehead atoms. The summed E-state index contributed by atoms with van der Waals surface area (Å²) in [6.07, 6.45) is 6.79. The zero-order valence-corrected chi connectivity index (χ0v) is 36.2. The van der Waals surface area contributed by atoms with Crippen molar-refractivity contribution in [3.63, 3.8) is 0 Å². The van der Waals surface area contributed by atoms with Gasteiger partial charge in [0.25, 0.3) is 0 Å². The maximum absolute atomic E-state index is 2.50. The molecule has 11 aromatic carbocycles. The summed E-state index contributed by atoms with van der Waals surface area (Å²) in [5.41, 5.74) is 16.0. The van der Waals surface area contributed by atoms with Crippen LogP contribution < -0.4 is 0 Å². The molecule has 13 aromatic rings. The van der Waals surface area contributed by atoms with Crippen LogP contribution in [0.4, 0.5) is 0 Å². The van der Waals surface area contributed by atoms with E-state index < -0.39 is 0 Å². The Kier molecular flexibility index (Phi) is 8.14. The molecule has 66 heavy (non-hydrogen) atoms. The third kappa shape index (κ3) is 5.55. The van der Waals surface area contributed by atoms with Crippen molar-refractivity contribution in [2.24, 2.45) is 0 Å². The SMILES string of the molecule is C1=Cc2c(c3ccccc3n2-c2ccc3c(-c4ccc5ccccc5c4)c4cc(-n5c6ccccc6c6ccccc65)ccc4c(-c4cccc(-c5cccc6ccccc56)c4)c3c2)CC1. The zero-order valence-electron chi connectivity index (χ0n) is 36.2. The minimum absolute atomic E-state index is 1.05. The van der Waals surface area contributed by atoms with E-state index in [1.165, 1.54) is 126 Å². The van der Waals surface area contributed by atoms with Crippen LogP contribution in [0.5, 0.6) is 0 Å². The summed E-state index contributed by atoms with van der Waals surface area (Å²) >= 11 is 0. The van der Waals surface area contributed by atoms with E-state index >= 15 is 0 Å². The first-order valence-electron chi connectivity index (χ1n) is 23.1. The van der Waals surface area contributed by atoms with Crippen LogP contribution in [0.2, 0.25) is 0 Å². The molecule has 1 aliphatic rings. The first-order valence-corrected chi connectivity index (χ1v) is 23.1. The molecule has 0 N–H and O–H groups in total. The van der Waals surface area contributed by atoms with Crippen LogP contribution in [-0.4, -0.2) is 9.13 Å². The number of aryl methyl sites for hydroxylation is 1. The van der Waals surface area contributed by atoms with Gasteiger partial charge < -0.3 is 9.13 Å². The Balaban J connectivity index is 1.12. The minimum atomic E-state index is 1.05. The molecule has 2 nitrogen and oxygen atoms in total. The van der Waals surface area contributed by atoms with E-state index in [4.69, 9.17) is 0 Å². The molecule has 308 valence electrons. The molecule has 0 aliphatic heterocycles. The molecule has 0 atom stereocenters. The summed E-state index contributed by atoms with van der Waals surface area (Å²) in [5.74, 6) is 0. The lowest BCUT2D eigenvalue weighted by Gasteiger charge is -2.21. The van der Waals surface area contributed by atoms with Gasteiger partial charge in [0.2, 0.25) is 0 Å². The van der Waals surface area contributed by atoms with E-state index in [1.807, 2.05) is 0 Å².